The average Bonchev–Trinajstić information content (AvgIpc) is 2.79. The molecule has 0 bridgehead atoms. The molecule has 2 unspecified atom stereocenters. The number of benzene rings is 1. The lowest BCUT2D eigenvalue weighted by Crippen LogP contribution is -2.37. The molecule has 2 rings (SSSR count). The van der Waals surface area contributed by atoms with Gasteiger partial charge in [-0.15, -0.1) is 0 Å². The summed E-state index contributed by atoms with van der Waals surface area (Å²) in [5, 5.41) is 12.6. The van der Waals surface area contributed by atoms with Gasteiger partial charge in [-0.25, -0.2) is 0 Å². The Labute approximate surface area is 95.4 Å². The third kappa shape index (κ3) is 2.87. The van der Waals surface area contributed by atoms with Crippen LogP contribution in [-0.2, 0) is 0 Å². The van der Waals surface area contributed by atoms with Gasteiger partial charge in [0.05, 0.1) is 0 Å². The van der Waals surface area contributed by atoms with Gasteiger partial charge in [0.2, 0.25) is 0 Å². The number of nitrogens with one attached hydrogen (secondary N) is 1. The monoisotopic (exact) mass is 222 g/mol. The topological polar surface area (TPSA) is 67.5 Å². The summed E-state index contributed by atoms with van der Waals surface area (Å²) in [6, 6.07) is 6.84. The van der Waals surface area contributed by atoms with Crippen molar-refractivity contribution in [1.82, 2.24) is 5.32 Å². The van der Waals surface area contributed by atoms with E-state index in [1.165, 1.54) is 0 Å². The van der Waals surface area contributed by atoms with Crippen molar-refractivity contribution < 1.29 is 9.84 Å². The Morgan fingerprint density at radius 3 is 3.12 bits per heavy atom. The summed E-state index contributed by atoms with van der Waals surface area (Å²) in [6.45, 7) is 2.52. The summed E-state index contributed by atoms with van der Waals surface area (Å²) in [6.07, 6.45) is 1.12. The molecule has 4 heteroatoms. The lowest BCUT2D eigenvalue weighted by molar-refractivity contribution is 0.252. The molecule has 0 saturated carbocycles. The summed E-state index contributed by atoms with van der Waals surface area (Å²) in [7, 11) is 0. The first-order valence-corrected chi connectivity index (χ1v) is 5.64. The van der Waals surface area contributed by atoms with E-state index in [-0.39, 0.29) is 11.8 Å². The molecule has 0 radical (unpaired) electrons. The Kier molecular flexibility index (Phi) is 3.64. The van der Waals surface area contributed by atoms with Crippen molar-refractivity contribution in [3.8, 4) is 11.5 Å². The SMILES string of the molecule is NC(COc1cccc(O)c1)C1CCNC1. The van der Waals surface area contributed by atoms with E-state index in [2.05, 4.69) is 5.32 Å². The first kappa shape index (κ1) is 11.2. The number of nitrogens with two attached hydrogens (primary N) is 1. The van der Waals surface area contributed by atoms with Crippen molar-refractivity contribution in [1.29, 1.82) is 0 Å². The predicted octanol–water partition coefficient (Wildman–Crippen LogP) is 0.708. The van der Waals surface area contributed by atoms with Crippen LogP contribution in [0.3, 0.4) is 0 Å². The van der Waals surface area contributed by atoms with Crippen LogP contribution in [0.25, 0.3) is 0 Å². The molecule has 4 nitrogen and oxygen atoms in total. The molecule has 1 aliphatic heterocycles. The Bertz CT molecular complexity index is 338. The third-order valence-corrected chi connectivity index (χ3v) is 2.96. The summed E-state index contributed by atoms with van der Waals surface area (Å²) < 4.78 is 5.55. The third-order valence-electron chi connectivity index (χ3n) is 2.96. The van der Waals surface area contributed by atoms with Crippen LogP contribution in [0.5, 0.6) is 11.5 Å². The normalized spacial score (nSPS) is 21.9. The standard InChI is InChI=1S/C12H18N2O2/c13-12(9-4-5-14-7-9)8-16-11-3-1-2-10(15)6-11/h1-3,6,9,12,14-15H,4-5,7-8,13H2. The number of phenols is 1. The van der Waals surface area contributed by atoms with E-state index in [1.807, 2.05) is 6.07 Å². The van der Waals surface area contributed by atoms with Crippen molar-refractivity contribution >= 4 is 0 Å². The minimum atomic E-state index is 0.0531. The van der Waals surface area contributed by atoms with E-state index in [4.69, 9.17) is 10.5 Å². The maximum Gasteiger partial charge on any atom is 0.123 e. The number of aromatic hydroxyl groups is 1. The van der Waals surface area contributed by atoms with Gasteiger partial charge in [-0.1, -0.05) is 6.07 Å². The second kappa shape index (κ2) is 5.18. The lowest BCUT2D eigenvalue weighted by atomic mass is 10.0. The van der Waals surface area contributed by atoms with Crippen molar-refractivity contribution in [2.24, 2.45) is 11.7 Å². The summed E-state index contributed by atoms with van der Waals surface area (Å²) in [4.78, 5) is 0. The smallest absolute Gasteiger partial charge is 0.123 e. The Hall–Kier alpha value is -1.26. The summed E-state index contributed by atoms with van der Waals surface area (Å²) in [5.41, 5.74) is 6.04. The fourth-order valence-electron chi connectivity index (χ4n) is 1.94. The van der Waals surface area contributed by atoms with Gasteiger partial charge in [0.25, 0.3) is 0 Å². The molecule has 0 aliphatic carbocycles. The number of rotatable bonds is 4. The molecule has 88 valence electrons. The molecular weight excluding hydrogens is 204 g/mol. The van der Waals surface area contributed by atoms with Crippen molar-refractivity contribution in [3.05, 3.63) is 24.3 Å². The number of hydrogen-bond donors (Lipinski definition) is 3. The van der Waals surface area contributed by atoms with Crippen LogP contribution < -0.4 is 15.8 Å². The van der Waals surface area contributed by atoms with Gasteiger partial charge in [-0.2, -0.15) is 0 Å². The van der Waals surface area contributed by atoms with Crippen LogP contribution in [0.15, 0.2) is 24.3 Å². The molecule has 0 aromatic heterocycles. The van der Waals surface area contributed by atoms with Crippen molar-refractivity contribution in [2.45, 2.75) is 12.5 Å². The molecule has 0 amide bonds. The van der Waals surface area contributed by atoms with Crippen LogP contribution in [0.1, 0.15) is 6.42 Å². The van der Waals surface area contributed by atoms with Gasteiger partial charge in [-0.3, -0.25) is 0 Å². The fourth-order valence-corrected chi connectivity index (χ4v) is 1.94. The molecule has 16 heavy (non-hydrogen) atoms. The molecule has 1 heterocycles. The highest BCUT2D eigenvalue weighted by atomic mass is 16.5. The highest BCUT2D eigenvalue weighted by molar-refractivity contribution is 5.31. The molecule has 0 spiro atoms. The van der Waals surface area contributed by atoms with Gasteiger partial charge in [0.1, 0.15) is 18.1 Å². The van der Waals surface area contributed by atoms with E-state index in [0.29, 0.717) is 18.3 Å². The Morgan fingerprint density at radius 2 is 2.44 bits per heavy atom. The van der Waals surface area contributed by atoms with Crippen LogP contribution in [0.4, 0.5) is 0 Å². The van der Waals surface area contributed by atoms with Crippen molar-refractivity contribution in [2.75, 3.05) is 19.7 Å². The molecule has 2 atom stereocenters. The largest absolute Gasteiger partial charge is 0.508 e. The van der Waals surface area contributed by atoms with E-state index < -0.39 is 0 Å². The van der Waals surface area contributed by atoms with Gasteiger partial charge in [0.15, 0.2) is 0 Å². The van der Waals surface area contributed by atoms with E-state index in [0.717, 1.165) is 19.5 Å². The molecule has 1 fully saturated rings. The Morgan fingerprint density at radius 1 is 1.56 bits per heavy atom. The minimum absolute atomic E-state index is 0.0531. The molecule has 1 aliphatic rings. The maximum absolute atomic E-state index is 9.27. The van der Waals surface area contributed by atoms with Crippen LogP contribution in [-0.4, -0.2) is 30.8 Å². The number of hydrogen-bond acceptors (Lipinski definition) is 4. The van der Waals surface area contributed by atoms with Crippen LogP contribution >= 0.6 is 0 Å². The van der Waals surface area contributed by atoms with E-state index in [1.54, 1.807) is 18.2 Å². The number of phenolic OH excluding ortho intramolecular Hbond substituents is 1. The van der Waals surface area contributed by atoms with E-state index in [9.17, 15) is 5.11 Å². The highest BCUT2D eigenvalue weighted by Crippen LogP contribution is 2.19. The zero-order valence-corrected chi connectivity index (χ0v) is 9.23. The second-order valence-corrected chi connectivity index (χ2v) is 4.23. The summed E-state index contributed by atoms with van der Waals surface area (Å²) >= 11 is 0. The van der Waals surface area contributed by atoms with Gasteiger partial charge >= 0.3 is 0 Å². The fraction of sp³-hybridized carbons (Fsp3) is 0.500. The summed E-state index contributed by atoms with van der Waals surface area (Å²) in [5.74, 6) is 1.38. The lowest BCUT2D eigenvalue weighted by Gasteiger charge is -2.18. The minimum Gasteiger partial charge on any atom is -0.508 e. The Balaban J connectivity index is 1.82. The van der Waals surface area contributed by atoms with Gasteiger partial charge in [0, 0.05) is 12.1 Å². The average molecular weight is 222 g/mol. The zero-order chi connectivity index (χ0) is 11.4. The molecule has 1 saturated heterocycles. The molecule has 1 aromatic rings. The van der Waals surface area contributed by atoms with E-state index >= 15 is 0 Å². The van der Waals surface area contributed by atoms with Gasteiger partial charge < -0.3 is 20.9 Å². The predicted molar refractivity (Wildman–Crippen MR) is 62.6 cm³/mol. The van der Waals surface area contributed by atoms with Crippen LogP contribution in [0, 0.1) is 5.92 Å². The van der Waals surface area contributed by atoms with Crippen LogP contribution in [0.2, 0.25) is 0 Å². The second-order valence-electron chi connectivity index (χ2n) is 4.23. The van der Waals surface area contributed by atoms with Crippen molar-refractivity contribution in [3.63, 3.8) is 0 Å². The van der Waals surface area contributed by atoms with Gasteiger partial charge in [-0.05, 0) is 37.6 Å². The molecule has 1 aromatic carbocycles. The highest BCUT2D eigenvalue weighted by Gasteiger charge is 2.21. The molecular formula is C12H18N2O2. The number of ether oxygens (including phenoxy) is 1. The zero-order valence-electron chi connectivity index (χ0n) is 9.23. The maximum atomic E-state index is 9.27. The quantitative estimate of drug-likeness (QED) is 0.702. The first-order chi connectivity index (χ1) is 7.75. The first-order valence-electron chi connectivity index (χ1n) is 5.64. The molecule has 4 N–H and O–H groups in total.